The van der Waals surface area contributed by atoms with Gasteiger partial charge in [0.1, 0.15) is 11.6 Å². The Bertz CT molecular complexity index is 713. The van der Waals surface area contributed by atoms with Crippen LogP contribution >= 0.6 is 0 Å². The van der Waals surface area contributed by atoms with Gasteiger partial charge in [-0.05, 0) is 62.6 Å². The summed E-state index contributed by atoms with van der Waals surface area (Å²) in [5.41, 5.74) is 1.72. The summed E-state index contributed by atoms with van der Waals surface area (Å²) in [5.74, 6) is 1.71. The van der Waals surface area contributed by atoms with E-state index < -0.39 is 0 Å². The molecular weight excluding hydrogens is 316 g/mol. The van der Waals surface area contributed by atoms with Gasteiger partial charge < -0.3 is 15.0 Å². The molecule has 0 bridgehead atoms. The number of anilines is 1. The summed E-state index contributed by atoms with van der Waals surface area (Å²) >= 11 is 0. The minimum Gasteiger partial charge on any atom is -0.494 e. The van der Waals surface area contributed by atoms with Crippen molar-refractivity contribution in [2.45, 2.75) is 32.7 Å². The number of rotatable bonds is 5. The van der Waals surface area contributed by atoms with Gasteiger partial charge in [-0.2, -0.15) is 5.10 Å². The van der Waals surface area contributed by atoms with E-state index in [0.29, 0.717) is 12.6 Å². The van der Waals surface area contributed by atoms with Crippen LogP contribution in [0.2, 0.25) is 0 Å². The fraction of sp³-hybridized carbons (Fsp3) is 0.421. The number of benzene rings is 1. The van der Waals surface area contributed by atoms with Crippen molar-refractivity contribution in [2.24, 2.45) is 0 Å². The molecule has 2 heterocycles. The van der Waals surface area contributed by atoms with Gasteiger partial charge in [-0.3, -0.25) is 4.79 Å². The first-order valence-electron chi connectivity index (χ1n) is 8.74. The van der Waals surface area contributed by atoms with Crippen LogP contribution in [0.3, 0.4) is 0 Å². The summed E-state index contributed by atoms with van der Waals surface area (Å²) in [6.07, 6.45) is 3.46. The highest BCUT2D eigenvalue weighted by Crippen LogP contribution is 2.22. The molecule has 0 spiro atoms. The average molecular weight is 340 g/mol. The van der Waals surface area contributed by atoms with Crippen molar-refractivity contribution in [3.8, 4) is 5.75 Å². The second kappa shape index (κ2) is 7.96. The third kappa shape index (κ3) is 4.26. The standard InChI is InChI=1S/C19H24N4O2/c1-3-25-17-7-6-15(13-14(17)2)19(24)23-11-8-16(9-12-23)21-18-5-4-10-20-22-18/h4-7,10,13,16H,3,8-9,11-12H2,1-2H3,(H,21,22). The molecule has 1 aromatic carbocycles. The summed E-state index contributed by atoms with van der Waals surface area (Å²) in [5, 5.41) is 11.3. The molecule has 1 saturated heterocycles. The molecule has 1 amide bonds. The van der Waals surface area contributed by atoms with Gasteiger partial charge in [-0.15, -0.1) is 5.10 Å². The quantitative estimate of drug-likeness (QED) is 0.906. The normalized spacial score (nSPS) is 15.0. The Kier molecular flexibility index (Phi) is 5.48. The van der Waals surface area contributed by atoms with Crippen LogP contribution in [0, 0.1) is 6.92 Å². The monoisotopic (exact) mass is 340 g/mol. The Morgan fingerprint density at radius 2 is 2.12 bits per heavy atom. The minimum atomic E-state index is 0.0871. The highest BCUT2D eigenvalue weighted by molar-refractivity contribution is 5.94. The molecule has 0 saturated carbocycles. The Hall–Kier alpha value is -2.63. The first-order chi connectivity index (χ1) is 12.2. The molecule has 1 aliphatic heterocycles. The number of hydrogen-bond donors (Lipinski definition) is 1. The third-order valence-electron chi connectivity index (χ3n) is 4.43. The zero-order valence-electron chi connectivity index (χ0n) is 14.7. The SMILES string of the molecule is CCOc1ccc(C(=O)N2CCC(Nc3cccnn3)CC2)cc1C. The fourth-order valence-electron chi connectivity index (χ4n) is 3.10. The maximum absolute atomic E-state index is 12.7. The molecule has 3 rings (SSSR count). The van der Waals surface area contributed by atoms with E-state index in [2.05, 4.69) is 15.5 Å². The van der Waals surface area contributed by atoms with Crippen LogP contribution in [0.1, 0.15) is 35.7 Å². The average Bonchev–Trinajstić information content (AvgIpc) is 2.64. The molecule has 1 aliphatic rings. The number of nitrogens with one attached hydrogen (secondary N) is 1. The largest absolute Gasteiger partial charge is 0.494 e. The molecule has 0 unspecified atom stereocenters. The van der Waals surface area contributed by atoms with E-state index in [9.17, 15) is 4.79 Å². The molecule has 6 nitrogen and oxygen atoms in total. The smallest absolute Gasteiger partial charge is 0.253 e. The predicted molar refractivity (Wildman–Crippen MR) is 96.9 cm³/mol. The highest BCUT2D eigenvalue weighted by Gasteiger charge is 2.24. The summed E-state index contributed by atoms with van der Waals surface area (Å²) in [4.78, 5) is 14.6. The molecule has 1 aromatic heterocycles. The summed E-state index contributed by atoms with van der Waals surface area (Å²) in [7, 11) is 0. The van der Waals surface area contributed by atoms with Gasteiger partial charge >= 0.3 is 0 Å². The second-order valence-electron chi connectivity index (χ2n) is 6.23. The van der Waals surface area contributed by atoms with Crippen molar-refractivity contribution in [3.05, 3.63) is 47.7 Å². The van der Waals surface area contributed by atoms with E-state index in [1.54, 1.807) is 6.20 Å². The number of amides is 1. The van der Waals surface area contributed by atoms with Gasteiger partial charge in [0.2, 0.25) is 0 Å². The summed E-state index contributed by atoms with van der Waals surface area (Å²) < 4.78 is 5.54. The van der Waals surface area contributed by atoms with Crippen molar-refractivity contribution in [1.82, 2.24) is 15.1 Å². The molecule has 1 fully saturated rings. The van der Waals surface area contributed by atoms with Gasteiger partial charge in [0.25, 0.3) is 5.91 Å². The van der Waals surface area contributed by atoms with E-state index in [0.717, 1.165) is 48.6 Å². The lowest BCUT2D eigenvalue weighted by Crippen LogP contribution is -2.42. The number of carbonyl (C=O) groups excluding carboxylic acids is 1. The van der Waals surface area contributed by atoms with E-state index >= 15 is 0 Å². The third-order valence-corrected chi connectivity index (χ3v) is 4.43. The topological polar surface area (TPSA) is 67.3 Å². The summed E-state index contributed by atoms with van der Waals surface area (Å²) in [6.45, 7) is 6.03. The van der Waals surface area contributed by atoms with Crippen molar-refractivity contribution >= 4 is 11.7 Å². The number of piperidine rings is 1. The van der Waals surface area contributed by atoms with Gasteiger partial charge in [-0.25, -0.2) is 0 Å². The predicted octanol–water partition coefficient (Wildman–Crippen LogP) is 2.90. The number of aryl methyl sites for hydroxylation is 1. The van der Waals surface area contributed by atoms with Gasteiger partial charge in [-0.1, -0.05) is 0 Å². The highest BCUT2D eigenvalue weighted by atomic mass is 16.5. The molecule has 0 radical (unpaired) electrons. The van der Waals surface area contributed by atoms with Crippen LogP contribution in [0.5, 0.6) is 5.75 Å². The maximum Gasteiger partial charge on any atom is 0.253 e. The fourth-order valence-corrected chi connectivity index (χ4v) is 3.10. The molecule has 132 valence electrons. The number of ether oxygens (including phenoxy) is 1. The molecular formula is C19H24N4O2. The van der Waals surface area contributed by atoms with Crippen LogP contribution in [-0.4, -0.2) is 46.7 Å². The van der Waals surface area contributed by atoms with Crippen LogP contribution in [0.4, 0.5) is 5.82 Å². The number of likely N-dealkylation sites (tertiary alicyclic amines) is 1. The maximum atomic E-state index is 12.7. The molecule has 0 aliphatic carbocycles. The van der Waals surface area contributed by atoms with Crippen molar-refractivity contribution < 1.29 is 9.53 Å². The van der Waals surface area contributed by atoms with Crippen LogP contribution < -0.4 is 10.1 Å². The number of nitrogens with zero attached hydrogens (tertiary/aromatic N) is 3. The second-order valence-corrected chi connectivity index (χ2v) is 6.23. The Balaban J connectivity index is 1.57. The van der Waals surface area contributed by atoms with Crippen molar-refractivity contribution in [3.63, 3.8) is 0 Å². The van der Waals surface area contributed by atoms with Crippen LogP contribution in [0.15, 0.2) is 36.5 Å². The van der Waals surface area contributed by atoms with E-state index in [1.807, 2.05) is 49.1 Å². The van der Waals surface area contributed by atoms with E-state index in [4.69, 9.17) is 4.74 Å². The van der Waals surface area contributed by atoms with E-state index in [-0.39, 0.29) is 5.91 Å². The molecule has 0 atom stereocenters. The van der Waals surface area contributed by atoms with Gasteiger partial charge in [0.05, 0.1) is 6.61 Å². The lowest BCUT2D eigenvalue weighted by molar-refractivity contribution is 0.0718. The van der Waals surface area contributed by atoms with Gasteiger partial charge in [0.15, 0.2) is 0 Å². The molecule has 1 N–H and O–H groups in total. The van der Waals surface area contributed by atoms with Crippen molar-refractivity contribution in [1.29, 1.82) is 0 Å². The zero-order chi connectivity index (χ0) is 17.6. The number of aromatic nitrogens is 2. The van der Waals surface area contributed by atoms with Gasteiger partial charge in [0, 0.05) is 30.9 Å². The Morgan fingerprint density at radius 1 is 1.32 bits per heavy atom. The minimum absolute atomic E-state index is 0.0871. The first-order valence-corrected chi connectivity index (χ1v) is 8.74. The number of hydrogen-bond acceptors (Lipinski definition) is 5. The lowest BCUT2D eigenvalue weighted by atomic mass is 10.0. The lowest BCUT2D eigenvalue weighted by Gasteiger charge is -2.32. The Labute approximate surface area is 148 Å². The van der Waals surface area contributed by atoms with E-state index in [1.165, 1.54) is 0 Å². The molecule has 2 aromatic rings. The Morgan fingerprint density at radius 3 is 2.76 bits per heavy atom. The molecule has 6 heteroatoms. The van der Waals surface area contributed by atoms with Crippen LogP contribution in [0.25, 0.3) is 0 Å². The summed E-state index contributed by atoms with van der Waals surface area (Å²) in [6, 6.07) is 9.74. The zero-order valence-corrected chi connectivity index (χ0v) is 14.7. The molecule has 25 heavy (non-hydrogen) atoms. The van der Waals surface area contributed by atoms with Crippen molar-refractivity contribution in [2.75, 3.05) is 25.0 Å². The van der Waals surface area contributed by atoms with Crippen LogP contribution in [-0.2, 0) is 0 Å². The number of carbonyl (C=O) groups is 1. The first kappa shape index (κ1) is 17.2.